The molecule has 0 saturated heterocycles. The molecule has 0 aliphatic rings. The van der Waals surface area contributed by atoms with Gasteiger partial charge in [0.15, 0.2) is 0 Å². The summed E-state index contributed by atoms with van der Waals surface area (Å²) in [7, 11) is 0. The van der Waals surface area contributed by atoms with Gasteiger partial charge in [0.2, 0.25) is 0 Å². The first kappa shape index (κ1) is 13.6. The Morgan fingerprint density at radius 1 is 0.789 bits per heavy atom. The summed E-state index contributed by atoms with van der Waals surface area (Å²) in [6.45, 7) is 0. The van der Waals surface area contributed by atoms with Crippen LogP contribution in [-0.2, 0) is 4.74 Å². The average Bonchev–Trinajstić information content (AvgIpc) is 2.39. The molecule has 0 spiro atoms. The van der Waals surface area contributed by atoms with Crippen LogP contribution in [0.5, 0.6) is 0 Å². The second-order valence-electron chi connectivity index (χ2n) is 3.69. The predicted octanol–water partition coefficient (Wildman–Crippen LogP) is 3.99. The Labute approximate surface area is 119 Å². The van der Waals surface area contributed by atoms with Crippen LogP contribution in [0.2, 0.25) is 10.0 Å². The lowest BCUT2D eigenvalue weighted by atomic mass is 10.2. The maximum absolute atomic E-state index is 11.7. The zero-order valence-corrected chi connectivity index (χ0v) is 11.1. The van der Waals surface area contributed by atoms with E-state index in [0.717, 1.165) is 0 Å². The normalized spacial score (nSPS) is 10.0. The molecule has 0 aliphatic carbocycles. The quantitative estimate of drug-likeness (QED) is 0.621. The third-order valence-corrected chi connectivity index (χ3v) is 2.81. The van der Waals surface area contributed by atoms with E-state index in [0.29, 0.717) is 10.0 Å². The molecule has 3 nitrogen and oxygen atoms in total. The van der Waals surface area contributed by atoms with E-state index in [2.05, 4.69) is 0 Å². The Morgan fingerprint density at radius 3 is 2.05 bits per heavy atom. The van der Waals surface area contributed by atoms with Gasteiger partial charge in [-0.2, -0.15) is 0 Å². The van der Waals surface area contributed by atoms with Crippen molar-refractivity contribution in [2.75, 3.05) is 0 Å². The van der Waals surface area contributed by atoms with E-state index in [1.165, 1.54) is 24.3 Å². The first-order valence-electron chi connectivity index (χ1n) is 5.34. The first-order valence-corrected chi connectivity index (χ1v) is 6.09. The number of esters is 2. The SMILES string of the molecule is O=C(OC(=O)c1cccc(Cl)c1)c1ccc(Cl)cc1. The van der Waals surface area contributed by atoms with Gasteiger partial charge >= 0.3 is 11.9 Å². The molecule has 0 radical (unpaired) electrons. The van der Waals surface area contributed by atoms with Crippen LogP contribution in [0, 0.1) is 0 Å². The number of hydrogen-bond donors (Lipinski definition) is 0. The van der Waals surface area contributed by atoms with E-state index in [4.69, 9.17) is 27.9 Å². The third-order valence-electron chi connectivity index (χ3n) is 2.33. The summed E-state index contributed by atoms with van der Waals surface area (Å²) >= 11 is 11.5. The molecule has 2 aromatic carbocycles. The molecule has 19 heavy (non-hydrogen) atoms. The predicted molar refractivity (Wildman–Crippen MR) is 72.7 cm³/mol. The number of halogens is 2. The monoisotopic (exact) mass is 294 g/mol. The number of benzene rings is 2. The molecule has 0 bridgehead atoms. The molecule has 5 heteroatoms. The summed E-state index contributed by atoms with van der Waals surface area (Å²) in [5.41, 5.74) is 0.467. The molecule has 0 aromatic heterocycles. The Morgan fingerprint density at radius 2 is 1.42 bits per heavy atom. The Bertz CT molecular complexity index is 621. The van der Waals surface area contributed by atoms with Crippen LogP contribution in [0.4, 0.5) is 0 Å². The van der Waals surface area contributed by atoms with E-state index in [-0.39, 0.29) is 11.1 Å². The summed E-state index contributed by atoms with van der Waals surface area (Å²) in [6, 6.07) is 12.2. The second-order valence-corrected chi connectivity index (χ2v) is 4.57. The van der Waals surface area contributed by atoms with Crippen molar-refractivity contribution in [3.8, 4) is 0 Å². The summed E-state index contributed by atoms with van der Waals surface area (Å²) < 4.78 is 4.74. The minimum Gasteiger partial charge on any atom is -0.386 e. The molecular formula is C14H8Cl2O3. The molecule has 0 fully saturated rings. The Balaban J connectivity index is 2.11. The first-order chi connectivity index (χ1) is 9.06. The zero-order valence-electron chi connectivity index (χ0n) is 9.60. The lowest BCUT2D eigenvalue weighted by Gasteiger charge is -2.03. The van der Waals surface area contributed by atoms with Gasteiger partial charge in [-0.25, -0.2) is 9.59 Å². The van der Waals surface area contributed by atoms with Gasteiger partial charge in [-0.15, -0.1) is 0 Å². The minimum atomic E-state index is -0.748. The lowest BCUT2D eigenvalue weighted by Crippen LogP contribution is -2.12. The molecule has 0 amide bonds. The van der Waals surface area contributed by atoms with E-state index in [1.807, 2.05) is 0 Å². The molecule has 0 heterocycles. The van der Waals surface area contributed by atoms with Crippen LogP contribution in [0.1, 0.15) is 20.7 Å². The molecule has 0 unspecified atom stereocenters. The van der Waals surface area contributed by atoms with Gasteiger partial charge in [0.05, 0.1) is 11.1 Å². The molecule has 96 valence electrons. The topological polar surface area (TPSA) is 43.4 Å². The number of carbonyl (C=O) groups is 2. The second kappa shape index (κ2) is 5.87. The Kier molecular flexibility index (Phi) is 4.20. The van der Waals surface area contributed by atoms with Crippen LogP contribution >= 0.6 is 23.2 Å². The smallest absolute Gasteiger partial charge is 0.346 e. The highest BCUT2D eigenvalue weighted by Crippen LogP contribution is 2.14. The summed E-state index contributed by atoms with van der Waals surface area (Å²) in [4.78, 5) is 23.4. The van der Waals surface area contributed by atoms with Gasteiger partial charge in [-0.1, -0.05) is 29.3 Å². The highest BCUT2D eigenvalue weighted by Gasteiger charge is 2.14. The van der Waals surface area contributed by atoms with Crippen LogP contribution in [-0.4, -0.2) is 11.9 Å². The van der Waals surface area contributed by atoms with Gasteiger partial charge in [-0.3, -0.25) is 0 Å². The van der Waals surface area contributed by atoms with Crippen molar-refractivity contribution in [3.05, 3.63) is 69.7 Å². The maximum atomic E-state index is 11.7. The van der Waals surface area contributed by atoms with Gasteiger partial charge in [0.1, 0.15) is 0 Å². The van der Waals surface area contributed by atoms with Gasteiger partial charge < -0.3 is 4.74 Å². The lowest BCUT2D eigenvalue weighted by molar-refractivity contribution is 0.0398. The van der Waals surface area contributed by atoms with Gasteiger partial charge in [0, 0.05) is 10.0 Å². The molecule has 0 atom stereocenters. The molecule has 0 saturated carbocycles. The number of carbonyl (C=O) groups excluding carboxylic acids is 2. The molecule has 2 rings (SSSR count). The molecule has 2 aromatic rings. The molecule has 0 N–H and O–H groups in total. The van der Waals surface area contributed by atoms with Gasteiger partial charge in [0.25, 0.3) is 0 Å². The van der Waals surface area contributed by atoms with Crippen molar-refractivity contribution in [1.29, 1.82) is 0 Å². The minimum absolute atomic E-state index is 0.217. The highest BCUT2D eigenvalue weighted by atomic mass is 35.5. The van der Waals surface area contributed by atoms with Crippen molar-refractivity contribution in [2.45, 2.75) is 0 Å². The van der Waals surface area contributed by atoms with Crippen molar-refractivity contribution in [3.63, 3.8) is 0 Å². The van der Waals surface area contributed by atoms with Gasteiger partial charge in [-0.05, 0) is 42.5 Å². The number of ether oxygens (including phenoxy) is 1. The summed E-state index contributed by atoms with van der Waals surface area (Å²) in [5.74, 6) is -1.48. The maximum Gasteiger partial charge on any atom is 0.346 e. The number of hydrogen-bond acceptors (Lipinski definition) is 3. The zero-order chi connectivity index (χ0) is 13.8. The third kappa shape index (κ3) is 3.56. The van der Waals surface area contributed by atoms with E-state index < -0.39 is 11.9 Å². The fourth-order valence-electron chi connectivity index (χ4n) is 1.40. The van der Waals surface area contributed by atoms with Crippen molar-refractivity contribution in [2.24, 2.45) is 0 Å². The fraction of sp³-hybridized carbons (Fsp3) is 0. The summed E-state index contributed by atoms with van der Waals surface area (Å²) in [5, 5.41) is 0.895. The van der Waals surface area contributed by atoms with Crippen LogP contribution in [0.15, 0.2) is 48.5 Å². The highest BCUT2D eigenvalue weighted by molar-refractivity contribution is 6.31. The van der Waals surface area contributed by atoms with E-state index in [1.54, 1.807) is 24.3 Å². The molecular weight excluding hydrogens is 287 g/mol. The average molecular weight is 295 g/mol. The van der Waals surface area contributed by atoms with Crippen molar-refractivity contribution < 1.29 is 14.3 Å². The summed E-state index contributed by atoms with van der Waals surface area (Å²) in [6.07, 6.45) is 0. The van der Waals surface area contributed by atoms with Crippen molar-refractivity contribution >= 4 is 35.1 Å². The molecule has 0 aliphatic heterocycles. The van der Waals surface area contributed by atoms with E-state index >= 15 is 0 Å². The van der Waals surface area contributed by atoms with Crippen LogP contribution in [0.25, 0.3) is 0 Å². The number of rotatable bonds is 2. The fourth-order valence-corrected chi connectivity index (χ4v) is 1.72. The Hall–Kier alpha value is -1.84. The van der Waals surface area contributed by atoms with E-state index in [9.17, 15) is 9.59 Å². The van der Waals surface area contributed by atoms with Crippen LogP contribution in [0.3, 0.4) is 0 Å². The largest absolute Gasteiger partial charge is 0.386 e. The standard InChI is InChI=1S/C14H8Cl2O3/c15-11-6-4-9(5-7-11)13(17)19-14(18)10-2-1-3-12(16)8-10/h1-8H. The van der Waals surface area contributed by atoms with Crippen LogP contribution < -0.4 is 0 Å². The van der Waals surface area contributed by atoms with Crippen molar-refractivity contribution in [1.82, 2.24) is 0 Å².